The van der Waals surface area contributed by atoms with Crippen molar-refractivity contribution in [2.24, 2.45) is 0 Å². The first kappa shape index (κ1) is 16.7. The molecule has 1 aliphatic heterocycles. The average molecular weight is 348 g/mol. The van der Waals surface area contributed by atoms with Gasteiger partial charge in [-0.15, -0.1) is 11.3 Å². The van der Waals surface area contributed by atoms with Gasteiger partial charge < -0.3 is 19.1 Å². The summed E-state index contributed by atoms with van der Waals surface area (Å²) in [5.41, 5.74) is 1.27. The third-order valence-electron chi connectivity index (χ3n) is 3.99. The van der Waals surface area contributed by atoms with Gasteiger partial charge in [-0.25, -0.2) is 4.98 Å². The van der Waals surface area contributed by atoms with E-state index < -0.39 is 0 Å². The molecule has 0 bridgehead atoms. The minimum atomic E-state index is -0.0600. The quantitative estimate of drug-likeness (QED) is 0.850. The number of nitrogens with zero attached hydrogens (tertiary/aromatic N) is 2. The van der Waals surface area contributed by atoms with E-state index in [2.05, 4.69) is 4.98 Å². The largest absolute Gasteiger partial charge is 0.493 e. The van der Waals surface area contributed by atoms with Crippen molar-refractivity contribution >= 4 is 17.2 Å². The molecular formula is C17H20N2O4S. The minimum absolute atomic E-state index is 0.0581. The molecule has 1 saturated heterocycles. The molecule has 2 heterocycles. The van der Waals surface area contributed by atoms with E-state index in [0.717, 1.165) is 10.6 Å². The molecule has 1 aromatic carbocycles. The SMILES string of the molecule is COc1cccc(-c2nc(C(=O)N3CCOC[C@H]3C)cs2)c1OC. The first-order valence-corrected chi connectivity index (χ1v) is 8.59. The van der Waals surface area contributed by atoms with Gasteiger partial charge in [0.1, 0.15) is 10.7 Å². The van der Waals surface area contributed by atoms with Crippen LogP contribution in [0.2, 0.25) is 0 Å². The molecule has 1 aliphatic rings. The van der Waals surface area contributed by atoms with E-state index >= 15 is 0 Å². The standard InChI is InChI=1S/C17H20N2O4S/c1-11-9-23-8-7-19(11)17(20)13-10-24-16(18-13)12-5-4-6-14(21-2)15(12)22-3/h4-6,10-11H,7-9H2,1-3H3/t11-/m1/s1. The molecule has 1 fully saturated rings. The number of benzene rings is 1. The summed E-state index contributed by atoms with van der Waals surface area (Å²) in [5, 5.41) is 2.52. The molecular weight excluding hydrogens is 328 g/mol. The topological polar surface area (TPSA) is 60.9 Å². The number of hydrogen-bond acceptors (Lipinski definition) is 6. The highest BCUT2D eigenvalue weighted by Crippen LogP contribution is 2.39. The first-order chi connectivity index (χ1) is 11.7. The van der Waals surface area contributed by atoms with Crippen molar-refractivity contribution < 1.29 is 19.0 Å². The number of carbonyl (C=O) groups is 1. The number of rotatable bonds is 4. The number of amides is 1. The highest BCUT2D eigenvalue weighted by atomic mass is 32.1. The van der Waals surface area contributed by atoms with E-state index in [1.165, 1.54) is 11.3 Å². The van der Waals surface area contributed by atoms with Crippen LogP contribution in [0.15, 0.2) is 23.6 Å². The minimum Gasteiger partial charge on any atom is -0.493 e. The zero-order valence-electron chi connectivity index (χ0n) is 13.9. The Kier molecular flexibility index (Phi) is 5.01. The second-order valence-electron chi connectivity index (χ2n) is 5.50. The highest BCUT2D eigenvalue weighted by Gasteiger charge is 2.27. The maximum absolute atomic E-state index is 12.7. The number of thiazole rings is 1. The summed E-state index contributed by atoms with van der Waals surface area (Å²) in [5.74, 6) is 1.20. The molecule has 0 N–H and O–H groups in total. The summed E-state index contributed by atoms with van der Waals surface area (Å²) in [6.07, 6.45) is 0. The van der Waals surface area contributed by atoms with Crippen LogP contribution < -0.4 is 9.47 Å². The normalized spacial score (nSPS) is 17.6. The third-order valence-corrected chi connectivity index (χ3v) is 4.86. The van der Waals surface area contributed by atoms with Gasteiger partial charge >= 0.3 is 0 Å². The maximum atomic E-state index is 12.7. The molecule has 24 heavy (non-hydrogen) atoms. The zero-order valence-corrected chi connectivity index (χ0v) is 14.8. The van der Waals surface area contributed by atoms with Crippen LogP contribution in [0, 0.1) is 0 Å². The molecule has 1 atom stereocenters. The number of hydrogen-bond donors (Lipinski definition) is 0. The second kappa shape index (κ2) is 7.19. The summed E-state index contributed by atoms with van der Waals surface area (Å²) in [7, 11) is 3.19. The maximum Gasteiger partial charge on any atom is 0.273 e. The summed E-state index contributed by atoms with van der Waals surface area (Å²) >= 11 is 1.42. The van der Waals surface area contributed by atoms with Gasteiger partial charge in [-0.2, -0.15) is 0 Å². The molecule has 0 radical (unpaired) electrons. The van der Waals surface area contributed by atoms with E-state index in [-0.39, 0.29) is 11.9 Å². The molecule has 0 aliphatic carbocycles. The molecule has 6 nitrogen and oxygen atoms in total. The molecule has 3 rings (SSSR count). The average Bonchev–Trinajstić information content (AvgIpc) is 3.10. The monoisotopic (exact) mass is 348 g/mol. The van der Waals surface area contributed by atoms with Crippen molar-refractivity contribution in [3.05, 3.63) is 29.3 Å². The van der Waals surface area contributed by atoms with Gasteiger partial charge in [0.15, 0.2) is 11.5 Å². The van der Waals surface area contributed by atoms with E-state index in [4.69, 9.17) is 14.2 Å². The lowest BCUT2D eigenvalue weighted by atomic mass is 10.2. The number of para-hydroxylation sites is 1. The Hall–Kier alpha value is -2.12. The molecule has 0 spiro atoms. The fourth-order valence-electron chi connectivity index (χ4n) is 2.73. The van der Waals surface area contributed by atoms with Gasteiger partial charge in [0.05, 0.1) is 39.0 Å². The van der Waals surface area contributed by atoms with Crippen molar-refractivity contribution in [1.29, 1.82) is 0 Å². The fourth-order valence-corrected chi connectivity index (χ4v) is 3.54. The number of ether oxygens (including phenoxy) is 3. The third kappa shape index (κ3) is 3.09. The number of morpholine rings is 1. The molecule has 7 heteroatoms. The van der Waals surface area contributed by atoms with Gasteiger partial charge in [-0.1, -0.05) is 6.07 Å². The second-order valence-corrected chi connectivity index (χ2v) is 6.36. The van der Waals surface area contributed by atoms with E-state index in [9.17, 15) is 4.79 Å². The van der Waals surface area contributed by atoms with Crippen molar-refractivity contribution in [3.63, 3.8) is 0 Å². The van der Waals surface area contributed by atoms with Crippen molar-refractivity contribution in [3.8, 4) is 22.1 Å². The summed E-state index contributed by atoms with van der Waals surface area (Å²) in [6, 6.07) is 5.68. The molecule has 2 aromatic rings. The lowest BCUT2D eigenvalue weighted by molar-refractivity contribution is 0.00332. The lowest BCUT2D eigenvalue weighted by Gasteiger charge is -2.32. The Bertz CT molecular complexity index is 731. The summed E-state index contributed by atoms with van der Waals surface area (Å²) < 4.78 is 16.2. The molecule has 0 unspecified atom stereocenters. The van der Waals surface area contributed by atoms with Crippen LogP contribution in [0.25, 0.3) is 10.6 Å². The Morgan fingerprint density at radius 3 is 2.92 bits per heavy atom. The van der Waals surface area contributed by atoms with Crippen molar-refractivity contribution in [2.45, 2.75) is 13.0 Å². The number of methoxy groups -OCH3 is 2. The highest BCUT2D eigenvalue weighted by molar-refractivity contribution is 7.13. The van der Waals surface area contributed by atoms with Gasteiger partial charge in [0.25, 0.3) is 5.91 Å². The first-order valence-electron chi connectivity index (χ1n) is 7.71. The van der Waals surface area contributed by atoms with Gasteiger partial charge in [0, 0.05) is 11.9 Å². The van der Waals surface area contributed by atoms with Crippen LogP contribution in [0.5, 0.6) is 11.5 Å². The molecule has 0 saturated carbocycles. The number of carbonyl (C=O) groups excluding carboxylic acids is 1. The van der Waals surface area contributed by atoms with Crippen LogP contribution in [-0.4, -0.2) is 55.8 Å². The predicted molar refractivity (Wildman–Crippen MR) is 92.0 cm³/mol. The van der Waals surface area contributed by atoms with Crippen LogP contribution >= 0.6 is 11.3 Å². The van der Waals surface area contributed by atoms with E-state index in [1.807, 2.05) is 30.0 Å². The van der Waals surface area contributed by atoms with Gasteiger partial charge in [0.2, 0.25) is 0 Å². The van der Waals surface area contributed by atoms with E-state index in [0.29, 0.717) is 37.0 Å². The zero-order chi connectivity index (χ0) is 17.1. The van der Waals surface area contributed by atoms with Crippen LogP contribution in [0.3, 0.4) is 0 Å². The summed E-state index contributed by atoms with van der Waals surface area (Å²) in [4.78, 5) is 19.0. The van der Waals surface area contributed by atoms with Crippen LogP contribution in [-0.2, 0) is 4.74 Å². The Morgan fingerprint density at radius 2 is 2.21 bits per heavy atom. The fraction of sp³-hybridized carbons (Fsp3) is 0.412. The van der Waals surface area contributed by atoms with Gasteiger partial charge in [-0.05, 0) is 19.1 Å². The smallest absolute Gasteiger partial charge is 0.273 e. The molecule has 128 valence electrons. The molecule has 1 amide bonds. The number of aromatic nitrogens is 1. The lowest BCUT2D eigenvalue weighted by Crippen LogP contribution is -2.47. The Morgan fingerprint density at radius 1 is 1.38 bits per heavy atom. The summed E-state index contributed by atoms with van der Waals surface area (Å²) in [6.45, 7) is 3.70. The Balaban J connectivity index is 1.90. The Labute approximate surface area is 145 Å². The van der Waals surface area contributed by atoms with Crippen LogP contribution in [0.1, 0.15) is 17.4 Å². The van der Waals surface area contributed by atoms with Crippen molar-refractivity contribution in [1.82, 2.24) is 9.88 Å². The molecule has 1 aromatic heterocycles. The van der Waals surface area contributed by atoms with Gasteiger partial charge in [-0.3, -0.25) is 4.79 Å². The van der Waals surface area contributed by atoms with Crippen molar-refractivity contribution in [2.75, 3.05) is 34.0 Å². The predicted octanol–water partition coefficient (Wildman–Crippen LogP) is 2.69. The van der Waals surface area contributed by atoms with Crippen LogP contribution in [0.4, 0.5) is 0 Å². The van der Waals surface area contributed by atoms with E-state index in [1.54, 1.807) is 19.6 Å².